The minimum Gasteiger partial charge on any atom is -0.493 e. The van der Waals surface area contributed by atoms with Crippen LogP contribution in [0.5, 0.6) is 11.5 Å². The fourth-order valence-corrected chi connectivity index (χ4v) is 3.49. The fourth-order valence-electron chi connectivity index (χ4n) is 3.26. The van der Waals surface area contributed by atoms with Crippen LogP contribution in [0.25, 0.3) is 0 Å². The highest BCUT2D eigenvalue weighted by atomic mass is 79.9. The quantitative estimate of drug-likeness (QED) is 0.602. The number of carbonyl (C=O) groups excluding carboxylic acids is 1. The van der Waals surface area contributed by atoms with Crippen LogP contribution in [0.2, 0.25) is 0 Å². The number of hydrogen-bond acceptors (Lipinski definition) is 7. The molecule has 0 bridgehead atoms. The van der Waals surface area contributed by atoms with Crippen LogP contribution in [-0.4, -0.2) is 73.3 Å². The summed E-state index contributed by atoms with van der Waals surface area (Å²) >= 11 is 3.40. The van der Waals surface area contributed by atoms with E-state index in [-0.39, 0.29) is 12.4 Å². The molecule has 7 nitrogen and oxygen atoms in total. The molecule has 2 aromatic rings. The van der Waals surface area contributed by atoms with E-state index in [0.29, 0.717) is 23.6 Å². The maximum absolute atomic E-state index is 11.5. The van der Waals surface area contributed by atoms with E-state index in [1.54, 1.807) is 24.4 Å². The zero-order valence-electron chi connectivity index (χ0n) is 16.7. The summed E-state index contributed by atoms with van der Waals surface area (Å²) in [5, 5.41) is 10.4. The molecular formula is C21H26BrN3O4. The molecule has 3 rings (SSSR count). The van der Waals surface area contributed by atoms with Crippen LogP contribution in [0.3, 0.4) is 0 Å². The van der Waals surface area contributed by atoms with Gasteiger partial charge in [-0.1, -0.05) is 0 Å². The van der Waals surface area contributed by atoms with Crippen LogP contribution >= 0.6 is 15.9 Å². The first-order chi connectivity index (χ1) is 14.0. The number of carbonyl (C=O) groups is 1. The predicted molar refractivity (Wildman–Crippen MR) is 115 cm³/mol. The van der Waals surface area contributed by atoms with Gasteiger partial charge in [-0.15, -0.1) is 0 Å². The number of β-amino-alcohol motifs (C(OH)–C–C–N with tert-alkyl or cyclic N) is 1. The summed E-state index contributed by atoms with van der Waals surface area (Å²) in [6.07, 6.45) is 1.18. The van der Waals surface area contributed by atoms with Crippen molar-refractivity contribution in [3.63, 3.8) is 0 Å². The predicted octanol–water partition coefficient (Wildman–Crippen LogP) is 2.62. The lowest BCUT2D eigenvalue weighted by molar-refractivity contribution is 0.0652. The largest absolute Gasteiger partial charge is 0.493 e. The maximum Gasteiger partial charge on any atom is 0.161 e. The summed E-state index contributed by atoms with van der Waals surface area (Å²) in [7, 11) is 1.53. The molecular weight excluding hydrogens is 438 g/mol. The third-order valence-corrected chi connectivity index (χ3v) is 5.35. The summed E-state index contributed by atoms with van der Waals surface area (Å²) in [6.45, 7) is 5.63. The van der Waals surface area contributed by atoms with Crippen molar-refractivity contribution in [2.24, 2.45) is 0 Å². The smallest absolute Gasteiger partial charge is 0.161 e. The van der Waals surface area contributed by atoms with Gasteiger partial charge >= 0.3 is 0 Å². The zero-order valence-corrected chi connectivity index (χ0v) is 18.3. The van der Waals surface area contributed by atoms with Crippen molar-refractivity contribution in [3.05, 3.63) is 46.6 Å². The number of ketones is 1. The van der Waals surface area contributed by atoms with Crippen LogP contribution in [0.15, 0.2) is 41.0 Å². The second-order valence-corrected chi connectivity index (χ2v) is 7.92. The van der Waals surface area contributed by atoms with E-state index in [9.17, 15) is 9.90 Å². The molecule has 1 saturated heterocycles. The lowest BCUT2D eigenvalue weighted by Gasteiger charge is -2.36. The van der Waals surface area contributed by atoms with Crippen molar-refractivity contribution < 1.29 is 19.4 Å². The molecule has 1 unspecified atom stereocenters. The van der Waals surface area contributed by atoms with Crippen LogP contribution in [-0.2, 0) is 0 Å². The first-order valence-corrected chi connectivity index (χ1v) is 10.3. The number of methoxy groups -OCH3 is 1. The summed E-state index contributed by atoms with van der Waals surface area (Å²) in [5.74, 6) is 1.94. The van der Waals surface area contributed by atoms with Crippen LogP contribution in [0.1, 0.15) is 17.3 Å². The van der Waals surface area contributed by atoms with E-state index in [4.69, 9.17) is 9.47 Å². The van der Waals surface area contributed by atoms with Gasteiger partial charge in [0.15, 0.2) is 17.3 Å². The zero-order chi connectivity index (χ0) is 20.8. The van der Waals surface area contributed by atoms with Gasteiger partial charge in [0.25, 0.3) is 0 Å². The number of rotatable bonds is 8. The highest BCUT2D eigenvalue weighted by molar-refractivity contribution is 9.10. The number of nitrogens with zero attached hydrogens (tertiary/aromatic N) is 3. The van der Waals surface area contributed by atoms with Gasteiger partial charge < -0.3 is 19.5 Å². The van der Waals surface area contributed by atoms with Crippen LogP contribution in [0.4, 0.5) is 5.82 Å². The molecule has 0 saturated carbocycles. The number of aromatic nitrogens is 1. The summed E-state index contributed by atoms with van der Waals surface area (Å²) in [5.41, 5.74) is 0.563. The molecule has 1 atom stereocenters. The minimum atomic E-state index is -0.621. The molecule has 0 amide bonds. The lowest BCUT2D eigenvalue weighted by Crippen LogP contribution is -2.49. The SMILES string of the molecule is COc1cc(C(C)=O)ccc1OCC(O)CN1CCN(c2ccc(Br)cn2)CC1. The highest BCUT2D eigenvalue weighted by Gasteiger charge is 2.20. The fraction of sp³-hybridized carbons (Fsp3) is 0.429. The monoisotopic (exact) mass is 463 g/mol. The van der Waals surface area contributed by atoms with Crippen molar-refractivity contribution in [1.82, 2.24) is 9.88 Å². The van der Waals surface area contributed by atoms with E-state index >= 15 is 0 Å². The van der Waals surface area contributed by atoms with Crippen LogP contribution in [0, 0.1) is 0 Å². The van der Waals surface area contributed by atoms with Crippen molar-refractivity contribution in [2.75, 3.05) is 51.3 Å². The molecule has 1 aromatic heterocycles. The Bertz CT molecular complexity index is 823. The van der Waals surface area contributed by atoms with Gasteiger partial charge in [0.1, 0.15) is 18.5 Å². The first-order valence-electron chi connectivity index (χ1n) is 9.55. The molecule has 0 radical (unpaired) electrons. The van der Waals surface area contributed by atoms with Gasteiger partial charge in [-0.25, -0.2) is 4.98 Å². The Morgan fingerprint density at radius 1 is 1.21 bits per heavy atom. The van der Waals surface area contributed by atoms with E-state index in [0.717, 1.165) is 36.5 Å². The van der Waals surface area contributed by atoms with Crippen molar-refractivity contribution in [3.8, 4) is 11.5 Å². The molecule has 2 heterocycles. The second kappa shape index (κ2) is 10.0. The number of Topliss-reactive ketones (excluding diaryl/α,β-unsaturated/α-hetero) is 1. The number of pyridine rings is 1. The van der Waals surface area contributed by atoms with Crippen molar-refractivity contribution >= 4 is 27.5 Å². The second-order valence-electron chi connectivity index (χ2n) is 7.01. The highest BCUT2D eigenvalue weighted by Crippen LogP contribution is 2.28. The molecule has 1 N–H and O–H groups in total. The van der Waals surface area contributed by atoms with Crippen molar-refractivity contribution in [2.45, 2.75) is 13.0 Å². The van der Waals surface area contributed by atoms with Gasteiger partial charge in [-0.2, -0.15) is 0 Å². The van der Waals surface area contributed by atoms with E-state index in [1.807, 2.05) is 12.1 Å². The third kappa shape index (κ3) is 5.91. The van der Waals surface area contributed by atoms with Gasteiger partial charge in [0, 0.05) is 49.0 Å². The molecule has 29 heavy (non-hydrogen) atoms. The Labute approximate surface area is 179 Å². The first kappa shape index (κ1) is 21.5. The Kier molecular flexibility index (Phi) is 7.46. The Morgan fingerprint density at radius 3 is 2.59 bits per heavy atom. The van der Waals surface area contributed by atoms with Gasteiger partial charge in [0.05, 0.1) is 7.11 Å². The Balaban J connectivity index is 1.46. The van der Waals surface area contributed by atoms with E-state index in [1.165, 1.54) is 14.0 Å². The number of hydrogen-bond donors (Lipinski definition) is 1. The molecule has 1 aliphatic rings. The third-order valence-electron chi connectivity index (χ3n) is 4.88. The standard InChI is InChI=1S/C21H26BrN3O4/c1-15(26)16-3-5-19(20(11-16)28-2)29-14-18(27)13-24-7-9-25(10-8-24)21-6-4-17(22)12-23-21/h3-6,11-12,18,27H,7-10,13-14H2,1-2H3. The van der Waals surface area contributed by atoms with Gasteiger partial charge in [-0.3, -0.25) is 9.69 Å². The van der Waals surface area contributed by atoms with Crippen LogP contribution < -0.4 is 14.4 Å². The average Bonchev–Trinajstić information content (AvgIpc) is 2.73. The molecule has 8 heteroatoms. The lowest BCUT2D eigenvalue weighted by atomic mass is 10.1. The molecule has 0 aliphatic carbocycles. The Morgan fingerprint density at radius 2 is 1.97 bits per heavy atom. The number of anilines is 1. The number of benzene rings is 1. The van der Waals surface area contributed by atoms with Gasteiger partial charge in [0.2, 0.25) is 0 Å². The van der Waals surface area contributed by atoms with E-state index < -0.39 is 6.10 Å². The number of aliphatic hydroxyl groups excluding tert-OH is 1. The molecule has 1 fully saturated rings. The summed E-state index contributed by atoms with van der Waals surface area (Å²) in [4.78, 5) is 20.4. The maximum atomic E-state index is 11.5. The van der Waals surface area contributed by atoms with Crippen molar-refractivity contribution in [1.29, 1.82) is 0 Å². The molecule has 156 valence electrons. The Hall–Kier alpha value is -2.16. The summed E-state index contributed by atoms with van der Waals surface area (Å²) in [6, 6.07) is 9.05. The molecule has 0 spiro atoms. The number of piperazine rings is 1. The van der Waals surface area contributed by atoms with E-state index in [2.05, 4.69) is 30.7 Å². The topological polar surface area (TPSA) is 75.1 Å². The number of aliphatic hydroxyl groups is 1. The average molecular weight is 464 g/mol. The molecule has 1 aromatic carbocycles. The number of halogens is 1. The number of ether oxygens (including phenoxy) is 2. The molecule has 1 aliphatic heterocycles. The summed E-state index contributed by atoms with van der Waals surface area (Å²) < 4.78 is 12.0. The minimum absolute atomic E-state index is 0.0348. The van der Waals surface area contributed by atoms with Gasteiger partial charge in [-0.05, 0) is 53.2 Å². The normalized spacial score (nSPS) is 15.8.